The standard InChI is InChI=1S/C16H20ClN5/c1-12-18-15(20-14-5-3-4-13(17)10-14)11-16(19-12)22-8-6-21(2)7-9-22/h3-5,10-11H,6-9H2,1-2H3,(H,18,19,20). The van der Waals surface area contributed by atoms with Crippen LogP contribution in [0.3, 0.4) is 0 Å². The molecule has 1 aromatic carbocycles. The minimum absolute atomic E-state index is 0.704. The van der Waals surface area contributed by atoms with Gasteiger partial charge >= 0.3 is 0 Å². The van der Waals surface area contributed by atoms with Gasteiger partial charge in [0.05, 0.1) is 0 Å². The van der Waals surface area contributed by atoms with Gasteiger partial charge in [0.25, 0.3) is 0 Å². The molecule has 3 rings (SSSR count). The molecule has 0 aliphatic carbocycles. The van der Waals surface area contributed by atoms with E-state index in [0.717, 1.165) is 49.3 Å². The summed E-state index contributed by atoms with van der Waals surface area (Å²) in [6.45, 7) is 6.01. The van der Waals surface area contributed by atoms with Gasteiger partial charge in [0.1, 0.15) is 17.5 Å². The Morgan fingerprint density at radius 3 is 2.59 bits per heavy atom. The average Bonchev–Trinajstić information content (AvgIpc) is 2.47. The third kappa shape index (κ3) is 3.67. The second kappa shape index (κ2) is 6.50. The Balaban J connectivity index is 1.80. The Kier molecular flexibility index (Phi) is 4.45. The maximum atomic E-state index is 6.02. The van der Waals surface area contributed by atoms with Crippen LogP contribution < -0.4 is 10.2 Å². The molecule has 1 N–H and O–H groups in total. The molecule has 0 amide bonds. The van der Waals surface area contributed by atoms with Crippen LogP contribution in [0.15, 0.2) is 30.3 Å². The molecule has 1 aliphatic rings. The lowest BCUT2D eigenvalue weighted by molar-refractivity contribution is 0.312. The molecule has 0 atom stereocenters. The number of hydrogen-bond acceptors (Lipinski definition) is 5. The molecule has 5 nitrogen and oxygen atoms in total. The summed E-state index contributed by atoms with van der Waals surface area (Å²) in [6, 6.07) is 9.63. The molecule has 1 fully saturated rings. The van der Waals surface area contributed by atoms with Crippen LogP contribution in [0.25, 0.3) is 0 Å². The van der Waals surface area contributed by atoms with Gasteiger partial charge in [-0.15, -0.1) is 0 Å². The van der Waals surface area contributed by atoms with Crippen LogP contribution >= 0.6 is 11.6 Å². The fourth-order valence-electron chi connectivity index (χ4n) is 2.53. The normalized spacial score (nSPS) is 15.9. The molecule has 6 heteroatoms. The van der Waals surface area contributed by atoms with E-state index in [1.807, 2.05) is 37.3 Å². The van der Waals surface area contributed by atoms with Crippen molar-refractivity contribution in [3.8, 4) is 0 Å². The van der Waals surface area contributed by atoms with E-state index < -0.39 is 0 Å². The molecule has 116 valence electrons. The van der Waals surface area contributed by atoms with Crippen molar-refractivity contribution in [1.29, 1.82) is 0 Å². The summed E-state index contributed by atoms with van der Waals surface area (Å²) < 4.78 is 0. The topological polar surface area (TPSA) is 44.3 Å². The number of benzene rings is 1. The van der Waals surface area contributed by atoms with E-state index in [0.29, 0.717) is 5.02 Å². The zero-order valence-electron chi connectivity index (χ0n) is 12.9. The zero-order chi connectivity index (χ0) is 15.5. The number of piperazine rings is 1. The first kappa shape index (κ1) is 15.1. The van der Waals surface area contributed by atoms with Crippen LogP contribution in [-0.4, -0.2) is 48.1 Å². The Bertz CT molecular complexity index is 653. The smallest absolute Gasteiger partial charge is 0.136 e. The second-order valence-electron chi connectivity index (χ2n) is 5.58. The van der Waals surface area contributed by atoms with Crippen molar-refractivity contribution in [2.75, 3.05) is 43.4 Å². The van der Waals surface area contributed by atoms with Crippen LogP contribution in [0.5, 0.6) is 0 Å². The van der Waals surface area contributed by atoms with E-state index in [9.17, 15) is 0 Å². The number of hydrogen-bond donors (Lipinski definition) is 1. The van der Waals surface area contributed by atoms with Crippen LogP contribution in [-0.2, 0) is 0 Å². The van der Waals surface area contributed by atoms with E-state index >= 15 is 0 Å². The van der Waals surface area contributed by atoms with Crippen molar-refractivity contribution < 1.29 is 0 Å². The highest BCUT2D eigenvalue weighted by atomic mass is 35.5. The Labute approximate surface area is 135 Å². The van der Waals surface area contributed by atoms with Gasteiger partial charge in [0, 0.05) is 43.0 Å². The molecule has 1 aliphatic heterocycles. The van der Waals surface area contributed by atoms with Gasteiger partial charge < -0.3 is 15.1 Å². The van der Waals surface area contributed by atoms with Crippen molar-refractivity contribution in [3.05, 3.63) is 41.2 Å². The summed E-state index contributed by atoms with van der Waals surface area (Å²) in [5.74, 6) is 2.54. The van der Waals surface area contributed by atoms with Crippen LogP contribution in [0.4, 0.5) is 17.3 Å². The third-order valence-electron chi connectivity index (χ3n) is 3.75. The monoisotopic (exact) mass is 317 g/mol. The molecule has 1 saturated heterocycles. The lowest BCUT2D eigenvalue weighted by Crippen LogP contribution is -2.44. The molecule has 22 heavy (non-hydrogen) atoms. The largest absolute Gasteiger partial charge is 0.354 e. The molecule has 2 heterocycles. The number of rotatable bonds is 3. The van der Waals surface area contributed by atoms with Crippen molar-refractivity contribution in [2.45, 2.75) is 6.92 Å². The highest BCUT2D eigenvalue weighted by Gasteiger charge is 2.16. The fraction of sp³-hybridized carbons (Fsp3) is 0.375. The number of aromatic nitrogens is 2. The lowest BCUT2D eigenvalue weighted by atomic mass is 10.3. The number of anilines is 3. The number of nitrogens with one attached hydrogen (secondary N) is 1. The summed E-state index contributed by atoms with van der Waals surface area (Å²) in [6.07, 6.45) is 0. The lowest BCUT2D eigenvalue weighted by Gasteiger charge is -2.33. The summed E-state index contributed by atoms with van der Waals surface area (Å²) in [5.41, 5.74) is 0.926. The minimum atomic E-state index is 0.704. The first-order chi connectivity index (χ1) is 10.6. The van der Waals surface area contributed by atoms with Gasteiger partial charge in [0.2, 0.25) is 0 Å². The average molecular weight is 318 g/mol. The number of aryl methyl sites for hydroxylation is 1. The van der Waals surface area contributed by atoms with E-state index in [-0.39, 0.29) is 0 Å². The zero-order valence-corrected chi connectivity index (χ0v) is 13.6. The van der Waals surface area contributed by atoms with E-state index in [2.05, 4.69) is 32.1 Å². The van der Waals surface area contributed by atoms with Crippen LogP contribution in [0.1, 0.15) is 5.82 Å². The summed E-state index contributed by atoms with van der Waals surface area (Å²) in [5, 5.41) is 4.00. The van der Waals surface area contributed by atoms with Gasteiger partial charge in [-0.2, -0.15) is 0 Å². The molecular weight excluding hydrogens is 298 g/mol. The van der Waals surface area contributed by atoms with Gasteiger partial charge in [-0.1, -0.05) is 17.7 Å². The maximum absolute atomic E-state index is 6.02. The van der Waals surface area contributed by atoms with Gasteiger partial charge in [-0.05, 0) is 32.2 Å². The highest BCUT2D eigenvalue weighted by Crippen LogP contribution is 2.22. The molecule has 2 aromatic rings. The Hall–Kier alpha value is -1.85. The molecule has 0 unspecified atom stereocenters. The Morgan fingerprint density at radius 2 is 1.86 bits per heavy atom. The van der Waals surface area contributed by atoms with E-state index in [4.69, 9.17) is 11.6 Å². The number of nitrogens with zero attached hydrogens (tertiary/aromatic N) is 4. The van der Waals surface area contributed by atoms with Gasteiger partial charge in [-0.3, -0.25) is 0 Å². The quantitative estimate of drug-likeness (QED) is 0.943. The number of likely N-dealkylation sites (N-methyl/N-ethyl adjacent to an activating group) is 1. The van der Waals surface area contributed by atoms with Crippen LogP contribution in [0, 0.1) is 6.92 Å². The number of halogens is 1. The van der Waals surface area contributed by atoms with Crippen molar-refractivity contribution in [3.63, 3.8) is 0 Å². The summed E-state index contributed by atoms with van der Waals surface area (Å²) >= 11 is 6.02. The first-order valence-electron chi connectivity index (χ1n) is 7.42. The maximum Gasteiger partial charge on any atom is 0.136 e. The molecular formula is C16H20ClN5. The summed E-state index contributed by atoms with van der Waals surface area (Å²) in [7, 11) is 2.15. The van der Waals surface area contributed by atoms with Crippen molar-refractivity contribution >= 4 is 28.9 Å². The van der Waals surface area contributed by atoms with E-state index in [1.54, 1.807) is 0 Å². The summed E-state index contributed by atoms with van der Waals surface area (Å²) in [4.78, 5) is 13.7. The molecule has 0 radical (unpaired) electrons. The van der Waals surface area contributed by atoms with Gasteiger partial charge in [-0.25, -0.2) is 9.97 Å². The molecule has 0 spiro atoms. The predicted molar refractivity (Wildman–Crippen MR) is 91.2 cm³/mol. The fourth-order valence-corrected chi connectivity index (χ4v) is 2.72. The SMILES string of the molecule is Cc1nc(Nc2cccc(Cl)c2)cc(N2CCN(C)CC2)n1. The highest BCUT2D eigenvalue weighted by molar-refractivity contribution is 6.30. The van der Waals surface area contributed by atoms with Crippen molar-refractivity contribution in [2.24, 2.45) is 0 Å². The van der Waals surface area contributed by atoms with Crippen LogP contribution in [0.2, 0.25) is 5.02 Å². The first-order valence-corrected chi connectivity index (χ1v) is 7.80. The molecule has 0 bridgehead atoms. The Morgan fingerprint density at radius 1 is 1.09 bits per heavy atom. The van der Waals surface area contributed by atoms with E-state index in [1.165, 1.54) is 0 Å². The molecule has 1 aromatic heterocycles. The minimum Gasteiger partial charge on any atom is -0.354 e. The second-order valence-corrected chi connectivity index (χ2v) is 6.02. The third-order valence-corrected chi connectivity index (χ3v) is 3.98. The van der Waals surface area contributed by atoms with Gasteiger partial charge in [0.15, 0.2) is 0 Å². The molecule has 0 saturated carbocycles. The van der Waals surface area contributed by atoms with Crippen molar-refractivity contribution in [1.82, 2.24) is 14.9 Å². The predicted octanol–water partition coefficient (Wildman–Crippen LogP) is 2.93.